The van der Waals surface area contributed by atoms with Crippen LogP contribution in [0, 0.1) is 5.82 Å². The number of carbonyl (C=O) groups is 1. The summed E-state index contributed by atoms with van der Waals surface area (Å²) < 4.78 is 44.8. The van der Waals surface area contributed by atoms with Crippen LogP contribution in [0.3, 0.4) is 0 Å². The molecule has 0 unspecified atom stereocenters. The highest BCUT2D eigenvalue weighted by Gasteiger charge is 2.23. The smallest absolute Gasteiger partial charge is 0.245 e. The zero-order valence-corrected chi connectivity index (χ0v) is 16.2. The van der Waals surface area contributed by atoms with Crippen molar-refractivity contribution in [2.45, 2.75) is 0 Å². The number of halogens is 1. The number of nitrogens with one attached hydrogen (secondary N) is 1. The van der Waals surface area contributed by atoms with Crippen molar-refractivity contribution >= 4 is 49.2 Å². The lowest BCUT2D eigenvalue weighted by molar-refractivity contribution is -0.114. The van der Waals surface area contributed by atoms with Gasteiger partial charge in [-0.3, -0.25) is 9.10 Å². The van der Waals surface area contributed by atoms with Crippen LogP contribution in [-0.2, 0) is 14.8 Å². The highest BCUT2D eigenvalue weighted by molar-refractivity contribution is 7.92. The summed E-state index contributed by atoms with van der Waals surface area (Å²) in [5.41, 5.74) is 1.59. The number of hydrogen-bond donors (Lipinski definition) is 1. The number of fused-ring (bicyclic) bond motifs is 3. The molecule has 1 heterocycles. The lowest BCUT2D eigenvalue weighted by atomic mass is 10.1. The highest BCUT2D eigenvalue weighted by Crippen LogP contribution is 2.30. The predicted octanol–water partition coefficient (Wildman–Crippen LogP) is 4.13. The number of nitrogens with zero attached hydrogens (tertiary/aromatic N) is 1. The van der Waals surface area contributed by atoms with Crippen molar-refractivity contribution in [2.75, 3.05) is 22.4 Å². The fourth-order valence-electron chi connectivity index (χ4n) is 3.17. The first-order valence-electron chi connectivity index (χ1n) is 8.76. The summed E-state index contributed by atoms with van der Waals surface area (Å²) in [5.74, 6) is -1.33. The minimum Gasteiger partial charge on any atom is -0.456 e. The van der Waals surface area contributed by atoms with Crippen molar-refractivity contribution in [1.82, 2.24) is 0 Å². The minimum absolute atomic E-state index is 0.183. The third-order valence-corrected chi connectivity index (χ3v) is 5.60. The molecule has 1 amide bonds. The van der Waals surface area contributed by atoms with E-state index in [9.17, 15) is 17.6 Å². The van der Waals surface area contributed by atoms with Gasteiger partial charge < -0.3 is 9.73 Å². The van der Waals surface area contributed by atoms with E-state index >= 15 is 0 Å². The van der Waals surface area contributed by atoms with Gasteiger partial charge in [-0.15, -0.1) is 0 Å². The molecule has 0 saturated carbocycles. The molecule has 0 aliphatic carbocycles. The molecule has 4 rings (SSSR count). The van der Waals surface area contributed by atoms with Crippen LogP contribution in [0.4, 0.5) is 15.8 Å². The number of furan rings is 1. The summed E-state index contributed by atoms with van der Waals surface area (Å²) >= 11 is 0. The Morgan fingerprint density at radius 1 is 1.00 bits per heavy atom. The number of sulfonamides is 1. The molecule has 148 valence electrons. The van der Waals surface area contributed by atoms with Crippen molar-refractivity contribution in [3.05, 3.63) is 72.5 Å². The Labute approximate surface area is 166 Å². The number of carbonyl (C=O) groups excluding carboxylic acids is 1. The van der Waals surface area contributed by atoms with Crippen LogP contribution >= 0.6 is 0 Å². The molecule has 6 nitrogen and oxygen atoms in total. The molecule has 1 N–H and O–H groups in total. The van der Waals surface area contributed by atoms with Gasteiger partial charge in [0.2, 0.25) is 15.9 Å². The Balaban J connectivity index is 1.59. The average Bonchev–Trinajstić information content (AvgIpc) is 3.03. The summed E-state index contributed by atoms with van der Waals surface area (Å²) in [7, 11) is -3.87. The van der Waals surface area contributed by atoms with Crippen molar-refractivity contribution in [3.63, 3.8) is 0 Å². The third-order valence-electron chi connectivity index (χ3n) is 4.47. The van der Waals surface area contributed by atoms with E-state index in [0.29, 0.717) is 11.3 Å². The first-order chi connectivity index (χ1) is 13.8. The molecule has 4 aromatic rings. The first-order valence-corrected chi connectivity index (χ1v) is 10.6. The topological polar surface area (TPSA) is 79.6 Å². The lowest BCUT2D eigenvalue weighted by Crippen LogP contribution is -2.38. The third kappa shape index (κ3) is 3.79. The highest BCUT2D eigenvalue weighted by atomic mass is 32.2. The van der Waals surface area contributed by atoms with Gasteiger partial charge in [0, 0.05) is 22.5 Å². The Bertz CT molecular complexity index is 1330. The van der Waals surface area contributed by atoms with Crippen LogP contribution in [-0.4, -0.2) is 27.1 Å². The van der Waals surface area contributed by atoms with Gasteiger partial charge in [-0.2, -0.15) is 0 Å². The summed E-state index contributed by atoms with van der Waals surface area (Å²) in [6.45, 7) is -0.558. The molecule has 0 aliphatic rings. The SMILES string of the molecule is CS(=O)(=O)N(CC(=O)Nc1ccc2c(c1)oc1ccccc12)c1ccccc1F. The Kier molecular flexibility index (Phi) is 4.71. The van der Waals surface area contributed by atoms with E-state index in [4.69, 9.17) is 4.42 Å². The van der Waals surface area contributed by atoms with Crippen LogP contribution in [0.5, 0.6) is 0 Å². The summed E-state index contributed by atoms with van der Waals surface area (Å²) in [4.78, 5) is 12.5. The maximum atomic E-state index is 14.1. The van der Waals surface area contributed by atoms with E-state index in [2.05, 4.69) is 5.32 Å². The van der Waals surface area contributed by atoms with E-state index in [-0.39, 0.29) is 5.69 Å². The second-order valence-corrected chi connectivity index (χ2v) is 8.49. The molecule has 3 aromatic carbocycles. The van der Waals surface area contributed by atoms with Crippen LogP contribution in [0.25, 0.3) is 21.9 Å². The monoisotopic (exact) mass is 412 g/mol. The Morgan fingerprint density at radius 2 is 1.69 bits per heavy atom. The van der Waals surface area contributed by atoms with Gasteiger partial charge in [0.15, 0.2) is 0 Å². The van der Waals surface area contributed by atoms with E-state index in [1.807, 2.05) is 30.3 Å². The molecule has 0 bridgehead atoms. The maximum absolute atomic E-state index is 14.1. The van der Waals surface area contributed by atoms with Gasteiger partial charge in [-0.05, 0) is 30.3 Å². The largest absolute Gasteiger partial charge is 0.456 e. The molecule has 0 atom stereocenters. The van der Waals surface area contributed by atoms with E-state index < -0.39 is 28.3 Å². The van der Waals surface area contributed by atoms with Crippen LogP contribution < -0.4 is 9.62 Å². The molecule has 0 aliphatic heterocycles. The summed E-state index contributed by atoms with van der Waals surface area (Å²) in [5, 5.41) is 4.51. The molecule has 29 heavy (non-hydrogen) atoms. The molecule has 0 fully saturated rings. The quantitative estimate of drug-likeness (QED) is 0.535. The van der Waals surface area contributed by atoms with Gasteiger partial charge in [0.05, 0.1) is 11.9 Å². The molecule has 0 radical (unpaired) electrons. The van der Waals surface area contributed by atoms with Gasteiger partial charge in [-0.25, -0.2) is 12.8 Å². The summed E-state index contributed by atoms with van der Waals surface area (Å²) in [6, 6.07) is 18.2. The van der Waals surface area contributed by atoms with E-state index in [0.717, 1.165) is 33.0 Å². The van der Waals surface area contributed by atoms with Crippen molar-refractivity contribution < 1.29 is 22.0 Å². The Morgan fingerprint density at radius 3 is 2.45 bits per heavy atom. The van der Waals surface area contributed by atoms with Gasteiger partial charge >= 0.3 is 0 Å². The number of benzene rings is 3. The van der Waals surface area contributed by atoms with Gasteiger partial charge in [-0.1, -0.05) is 30.3 Å². The number of hydrogen-bond acceptors (Lipinski definition) is 4. The summed E-state index contributed by atoms with van der Waals surface area (Å²) in [6.07, 6.45) is 0.924. The number of anilines is 2. The molecule has 8 heteroatoms. The van der Waals surface area contributed by atoms with Crippen LogP contribution in [0.15, 0.2) is 71.1 Å². The molecular formula is C21H17FN2O4S. The molecule has 0 saturated heterocycles. The first kappa shape index (κ1) is 18.9. The second kappa shape index (κ2) is 7.21. The van der Waals surface area contributed by atoms with Crippen molar-refractivity contribution in [3.8, 4) is 0 Å². The number of para-hydroxylation sites is 2. The van der Waals surface area contributed by atoms with E-state index in [1.165, 1.54) is 18.2 Å². The average molecular weight is 412 g/mol. The standard InChI is InChI=1S/C21H17FN2O4S/c1-29(26,27)24(18-8-4-3-7-17(18)22)13-21(25)23-14-10-11-16-15-6-2-5-9-19(15)28-20(16)12-14/h2-12H,13H2,1H3,(H,23,25). The van der Waals surface area contributed by atoms with E-state index in [1.54, 1.807) is 12.1 Å². The van der Waals surface area contributed by atoms with Crippen molar-refractivity contribution in [1.29, 1.82) is 0 Å². The second-order valence-electron chi connectivity index (χ2n) is 6.58. The lowest BCUT2D eigenvalue weighted by Gasteiger charge is -2.22. The Hall–Kier alpha value is -3.39. The van der Waals surface area contributed by atoms with Gasteiger partial charge in [0.1, 0.15) is 23.5 Å². The minimum atomic E-state index is -3.87. The number of amides is 1. The van der Waals surface area contributed by atoms with Crippen LogP contribution in [0.1, 0.15) is 0 Å². The van der Waals surface area contributed by atoms with Crippen molar-refractivity contribution in [2.24, 2.45) is 0 Å². The fourth-order valence-corrected chi connectivity index (χ4v) is 4.03. The number of rotatable bonds is 5. The zero-order chi connectivity index (χ0) is 20.6. The predicted molar refractivity (Wildman–Crippen MR) is 111 cm³/mol. The van der Waals surface area contributed by atoms with Gasteiger partial charge in [0.25, 0.3) is 0 Å². The maximum Gasteiger partial charge on any atom is 0.245 e. The normalized spacial score (nSPS) is 11.7. The van der Waals surface area contributed by atoms with Crippen LogP contribution in [0.2, 0.25) is 0 Å². The fraction of sp³-hybridized carbons (Fsp3) is 0.0952. The molecule has 1 aromatic heterocycles. The molecular weight excluding hydrogens is 395 g/mol. The molecule has 0 spiro atoms. The zero-order valence-electron chi connectivity index (χ0n) is 15.4.